The minimum Gasteiger partial charge on any atom is -0.355 e. The normalized spacial score (nSPS) is 11.3. The van der Waals surface area contributed by atoms with Crippen molar-refractivity contribution in [2.75, 3.05) is 13.1 Å². The number of sulfonamides is 1. The molecule has 0 aromatic heterocycles. The van der Waals surface area contributed by atoms with Crippen LogP contribution in [0.3, 0.4) is 0 Å². The highest BCUT2D eigenvalue weighted by atomic mass is 35.5. The maximum atomic E-state index is 12.0. The van der Waals surface area contributed by atoms with Gasteiger partial charge >= 0.3 is 0 Å². The number of rotatable bonds is 7. The molecule has 1 aromatic rings. The molecule has 0 fully saturated rings. The fourth-order valence-corrected chi connectivity index (χ4v) is 2.68. The van der Waals surface area contributed by atoms with Crippen molar-refractivity contribution in [3.8, 4) is 0 Å². The second-order valence-corrected chi connectivity index (χ2v) is 6.61. The van der Waals surface area contributed by atoms with Crippen LogP contribution in [0.2, 0.25) is 5.02 Å². The average Bonchev–Trinajstić information content (AvgIpc) is 2.40. The molecule has 20 heavy (non-hydrogen) atoms. The maximum absolute atomic E-state index is 12.0. The Morgan fingerprint density at radius 3 is 2.65 bits per heavy atom. The van der Waals surface area contributed by atoms with E-state index in [-0.39, 0.29) is 17.3 Å². The molecular weight excluding hydrogens is 300 g/mol. The quantitative estimate of drug-likeness (QED) is 0.753. The molecule has 112 valence electrons. The van der Waals surface area contributed by atoms with Crippen molar-refractivity contribution in [1.82, 2.24) is 10.0 Å². The molecule has 0 aliphatic carbocycles. The summed E-state index contributed by atoms with van der Waals surface area (Å²) in [4.78, 5) is 11.6. The van der Waals surface area contributed by atoms with E-state index in [1.807, 2.05) is 6.92 Å². The van der Waals surface area contributed by atoms with E-state index in [0.29, 0.717) is 17.1 Å². The molecule has 0 heterocycles. The summed E-state index contributed by atoms with van der Waals surface area (Å²) in [7, 11) is -3.69. The number of nitrogens with one attached hydrogen (secondary N) is 2. The zero-order chi connectivity index (χ0) is 15.2. The van der Waals surface area contributed by atoms with Crippen molar-refractivity contribution in [2.45, 2.75) is 31.6 Å². The molecule has 1 amide bonds. The maximum Gasteiger partial charge on any atom is 0.241 e. The van der Waals surface area contributed by atoms with Gasteiger partial charge in [0.05, 0.1) is 11.4 Å². The molecule has 0 aliphatic heterocycles. The molecule has 1 rings (SSSR count). The van der Waals surface area contributed by atoms with E-state index >= 15 is 0 Å². The van der Waals surface area contributed by atoms with Gasteiger partial charge in [-0.25, -0.2) is 13.1 Å². The van der Waals surface area contributed by atoms with Crippen LogP contribution in [0.5, 0.6) is 0 Å². The van der Waals surface area contributed by atoms with Gasteiger partial charge in [-0.05, 0) is 37.1 Å². The summed E-state index contributed by atoms with van der Waals surface area (Å²) in [6.07, 6.45) is 1.84. The van der Waals surface area contributed by atoms with Crippen LogP contribution in [0.15, 0.2) is 23.1 Å². The Morgan fingerprint density at radius 1 is 1.35 bits per heavy atom. The van der Waals surface area contributed by atoms with Crippen molar-refractivity contribution in [1.29, 1.82) is 0 Å². The van der Waals surface area contributed by atoms with Crippen molar-refractivity contribution < 1.29 is 13.2 Å². The summed E-state index contributed by atoms with van der Waals surface area (Å²) in [5.74, 6) is -0.340. The lowest BCUT2D eigenvalue weighted by Gasteiger charge is -2.08. The van der Waals surface area contributed by atoms with Crippen molar-refractivity contribution in [3.63, 3.8) is 0 Å². The van der Waals surface area contributed by atoms with E-state index in [4.69, 9.17) is 11.6 Å². The number of unbranched alkanes of at least 4 members (excludes halogenated alkanes) is 1. The zero-order valence-electron chi connectivity index (χ0n) is 11.6. The second-order valence-electron chi connectivity index (χ2n) is 4.44. The third kappa shape index (κ3) is 5.11. The predicted octanol–water partition coefficient (Wildman–Crippen LogP) is 1.84. The Kier molecular flexibility index (Phi) is 6.45. The Labute approximate surface area is 124 Å². The van der Waals surface area contributed by atoms with Gasteiger partial charge in [0.25, 0.3) is 0 Å². The van der Waals surface area contributed by atoms with Crippen LogP contribution in [0.25, 0.3) is 0 Å². The highest BCUT2D eigenvalue weighted by Gasteiger charge is 2.16. The molecular formula is C13H19ClN2O3S. The van der Waals surface area contributed by atoms with E-state index in [2.05, 4.69) is 10.0 Å². The number of amides is 1. The van der Waals surface area contributed by atoms with Gasteiger partial charge in [-0.15, -0.1) is 0 Å². The Morgan fingerprint density at radius 2 is 2.05 bits per heavy atom. The molecule has 7 heteroatoms. The lowest BCUT2D eigenvalue weighted by atomic mass is 10.2. The minimum absolute atomic E-state index is 0.0979. The van der Waals surface area contributed by atoms with Crippen molar-refractivity contribution in [3.05, 3.63) is 28.8 Å². The third-order valence-electron chi connectivity index (χ3n) is 2.71. The summed E-state index contributed by atoms with van der Waals surface area (Å²) in [6.45, 7) is 4.02. The first kappa shape index (κ1) is 16.9. The number of benzene rings is 1. The van der Waals surface area contributed by atoms with Crippen LogP contribution in [0.1, 0.15) is 25.3 Å². The lowest BCUT2D eigenvalue weighted by Crippen LogP contribution is -2.37. The van der Waals surface area contributed by atoms with E-state index < -0.39 is 10.0 Å². The van der Waals surface area contributed by atoms with Gasteiger partial charge in [0.1, 0.15) is 0 Å². The molecule has 2 N–H and O–H groups in total. The number of aryl methyl sites for hydroxylation is 1. The number of carbonyl (C=O) groups is 1. The average molecular weight is 319 g/mol. The van der Waals surface area contributed by atoms with E-state index in [1.54, 1.807) is 6.92 Å². The van der Waals surface area contributed by atoms with Crippen LogP contribution in [0, 0.1) is 6.92 Å². The number of hydrogen-bond acceptors (Lipinski definition) is 3. The van der Waals surface area contributed by atoms with Gasteiger partial charge in [0.15, 0.2) is 0 Å². The largest absolute Gasteiger partial charge is 0.355 e. The minimum atomic E-state index is -3.69. The first-order valence-electron chi connectivity index (χ1n) is 6.39. The second kappa shape index (κ2) is 7.61. The zero-order valence-corrected chi connectivity index (χ0v) is 13.1. The number of hydrogen-bond donors (Lipinski definition) is 2. The van der Waals surface area contributed by atoms with Gasteiger partial charge in [0, 0.05) is 11.6 Å². The van der Waals surface area contributed by atoms with Gasteiger partial charge in [-0.2, -0.15) is 0 Å². The standard InChI is InChI=1S/C13H19ClN2O3S/c1-3-4-7-15-13(17)9-16-20(18,19)11-5-6-12(14)10(2)8-11/h5-6,8,16H,3-4,7,9H2,1-2H3,(H,15,17). The van der Waals surface area contributed by atoms with Crippen molar-refractivity contribution in [2.24, 2.45) is 0 Å². The fourth-order valence-electron chi connectivity index (χ4n) is 1.50. The SMILES string of the molecule is CCCCNC(=O)CNS(=O)(=O)c1ccc(Cl)c(C)c1. The summed E-state index contributed by atoms with van der Waals surface area (Å²) in [5.41, 5.74) is 0.668. The van der Waals surface area contributed by atoms with Crippen LogP contribution in [0.4, 0.5) is 0 Å². The van der Waals surface area contributed by atoms with Crippen LogP contribution in [-0.2, 0) is 14.8 Å². The summed E-state index contributed by atoms with van der Waals surface area (Å²) in [5, 5.41) is 3.14. The Bertz CT molecular complexity index is 573. The highest BCUT2D eigenvalue weighted by molar-refractivity contribution is 7.89. The number of halogens is 1. The molecule has 0 radical (unpaired) electrons. The summed E-state index contributed by atoms with van der Waals surface area (Å²) >= 11 is 5.85. The Balaban J connectivity index is 2.61. The third-order valence-corrected chi connectivity index (χ3v) is 4.54. The van der Waals surface area contributed by atoms with Crippen LogP contribution in [-0.4, -0.2) is 27.4 Å². The molecule has 1 aromatic carbocycles. The van der Waals surface area contributed by atoms with E-state index in [9.17, 15) is 13.2 Å². The lowest BCUT2D eigenvalue weighted by molar-refractivity contribution is -0.119. The van der Waals surface area contributed by atoms with Crippen LogP contribution < -0.4 is 10.0 Å². The van der Waals surface area contributed by atoms with Gasteiger partial charge in [0.2, 0.25) is 15.9 Å². The molecule has 0 spiro atoms. The van der Waals surface area contributed by atoms with E-state index in [1.165, 1.54) is 18.2 Å². The molecule has 5 nitrogen and oxygen atoms in total. The molecule has 0 saturated heterocycles. The highest BCUT2D eigenvalue weighted by Crippen LogP contribution is 2.19. The topological polar surface area (TPSA) is 75.3 Å². The first-order valence-corrected chi connectivity index (χ1v) is 8.25. The summed E-state index contributed by atoms with van der Waals surface area (Å²) < 4.78 is 26.3. The van der Waals surface area contributed by atoms with Gasteiger partial charge < -0.3 is 5.32 Å². The smallest absolute Gasteiger partial charge is 0.241 e. The molecule has 0 unspecified atom stereocenters. The van der Waals surface area contributed by atoms with Gasteiger partial charge in [-0.3, -0.25) is 4.79 Å². The van der Waals surface area contributed by atoms with Crippen LogP contribution >= 0.6 is 11.6 Å². The molecule has 0 aliphatic rings. The Hall–Kier alpha value is -1.11. The first-order chi connectivity index (χ1) is 9.36. The van der Waals surface area contributed by atoms with Crippen molar-refractivity contribution >= 4 is 27.5 Å². The van der Waals surface area contributed by atoms with Gasteiger partial charge in [-0.1, -0.05) is 24.9 Å². The fraction of sp³-hybridized carbons (Fsp3) is 0.462. The van der Waals surface area contributed by atoms with E-state index in [0.717, 1.165) is 12.8 Å². The number of carbonyl (C=O) groups excluding carboxylic acids is 1. The molecule has 0 bridgehead atoms. The molecule has 0 saturated carbocycles. The summed E-state index contributed by atoms with van der Waals surface area (Å²) in [6, 6.07) is 4.40. The molecule has 0 atom stereocenters. The monoisotopic (exact) mass is 318 g/mol. The predicted molar refractivity (Wildman–Crippen MR) is 79.3 cm³/mol.